The van der Waals surface area contributed by atoms with Crippen LogP contribution in [-0.2, 0) is 13.0 Å². The number of ether oxygens (including phenoxy) is 2. The number of hydrogen-bond acceptors (Lipinski definition) is 6. The topological polar surface area (TPSA) is 94.0 Å². The van der Waals surface area contributed by atoms with Gasteiger partial charge in [0.15, 0.2) is 0 Å². The zero-order chi connectivity index (χ0) is 22.5. The highest BCUT2D eigenvalue weighted by Crippen LogP contribution is 2.33. The molecule has 160 valence electrons. The standard InChI is InChI=1S/C25H21ClN4O2/c1-2-31-25-12-23-20(11-22(25)28)19(17(13-27)14-30-23)9-16-6-7-24(21(26)10-16)32-15-18-5-3-4-8-29-18/h3-8,10-12,14H,2,9,15,28H2,1H3. The van der Waals surface area contributed by atoms with Crippen LogP contribution >= 0.6 is 11.6 Å². The van der Waals surface area contributed by atoms with Crippen LogP contribution in [0.25, 0.3) is 10.9 Å². The monoisotopic (exact) mass is 444 g/mol. The number of anilines is 1. The second kappa shape index (κ2) is 9.54. The van der Waals surface area contributed by atoms with Gasteiger partial charge in [-0.15, -0.1) is 0 Å². The van der Waals surface area contributed by atoms with Gasteiger partial charge in [-0.2, -0.15) is 5.26 Å². The summed E-state index contributed by atoms with van der Waals surface area (Å²) < 4.78 is 11.4. The maximum atomic E-state index is 9.64. The summed E-state index contributed by atoms with van der Waals surface area (Å²) in [4.78, 5) is 8.66. The van der Waals surface area contributed by atoms with Crippen molar-refractivity contribution < 1.29 is 9.47 Å². The average Bonchev–Trinajstić information content (AvgIpc) is 2.80. The van der Waals surface area contributed by atoms with Crippen LogP contribution in [0.4, 0.5) is 5.69 Å². The van der Waals surface area contributed by atoms with Gasteiger partial charge in [-0.25, -0.2) is 0 Å². The van der Waals surface area contributed by atoms with Crippen molar-refractivity contribution in [3.8, 4) is 17.6 Å². The zero-order valence-corrected chi connectivity index (χ0v) is 18.3. The van der Waals surface area contributed by atoms with Crippen molar-refractivity contribution in [3.63, 3.8) is 0 Å². The fourth-order valence-electron chi connectivity index (χ4n) is 3.47. The van der Waals surface area contributed by atoms with E-state index in [2.05, 4.69) is 16.0 Å². The van der Waals surface area contributed by atoms with E-state index < -0.39 is 0 Å². The van der Waals surface area contributed by atoms with Gasteiger partial charge in [0.25, 0.3) is 0 Å². The first-order valence-corrected chi connectivity index (χ1v) is 10.5. The minimum atomic E-state index is 0.328. The summed E-state index contributed by atoms with van der Waals surface area (Å²) in [5, 5.41) is 11.0. The Kier molecular flexibility index (Phi) is 6.39. The quantitative estimate of drug-likeness (QED) is 0.388. The molecule has 2 aromatic heterocycles. The number of pyridine rings is 2. The minimum absolute atomic E-state index is 0.328. The molecule has 0 unspecified atom stereocenters. The summed E-state index contributed by atoms with van der Waals surface area (Å²) in [6, 6.07) is 17.1. The van der Waals surface area contributed by atoms with Crippen LogP contribution in [0.15, 0.2) is 60.9 Å². The molecule has 0 saturated carbocycles. The Morgan fingerprint density at radius 3 is 2.66 bits per heavy atom. The molecule has 0 saturated heterocycles. The minimum Gasteiger partial charge on any atom is -0.492 e. The first kappa shape index (κ1) is 21.4. The fraction of sp³-hybridized carbons (Fsp3) is 0.160. The summed E-state index contributed by atoms with van der Waals surface area (Å²) in [7, 11) is 0. The normalized spacial score (nSPS) is 10.7. The molecule has 6 nitrogen and oxygen atoms in total. The molecular formula is C25H21ClN4O2. The third kappa shape index (κ3) is 4.58. The molecule has 0 amide bonds. The SMILES string of the molecule is CCOc1cc2ncc(C#N)c(Cc3ccc(OCc4ccccn4)c(Cl)c3)c2cc1N. The Morgan fingerprint density at radius 2 is 1.94 bits per heavy atom. The molecule has 2 N–H and O–H groups in total. The summed E-state index contributed by atoms with van der Waals surface area (Å²) >= 11 is 6.48. The van der Waals surface area contributed by atoms with E-state index in [0.29, 0.717) is 47.4 Å². The number of rotatable bonds is 7. The molecule has 4 rings (SSSR count). The molecule has 32 heavy (non-hydrogen) atoms. The lowest BCUT2D eigenvalue weighted by molar-refractivity contribution is 0.301. The van der Waals surface area contributed by atoms with Gasteiger partial charge < -0.3 is 15.2 Å². The van der Waals surface area contributed by atoms with Crippen LogP contribution in [0, 0.1) is 11.3 Å². The van der Waals surface area contributed by atoms with Crippen LogP contribution in [0.3, 0.4) is 0 Å². The molecule has 2 heterocycles. The molecule has 0 spiro atoms. The van der Waals surface area contributed by atoms with Gasteiger partial charge in [0.1, 0.15) is 24.2 Å². The number of nitrogens with zero attached hydrogens (tertiary/aromatic N) is 3. The van der Waals surface area contributed by atoms with Gasteiger partial charge in [-0.3, -0.25) is 9.97 Å². The van der Waals surface area contributed by atoms with Gasteiger partial charge in [0.2, 0.25) is 0 Å². The fourth-order valence-corrected chi connectivity index (χ4v) is 3.73. The number of benzene rings is 2. The molecule has 0 radical (unpaired) electrons. The van der Waals surface area contributed by atoms with Crippen molar-refractivity contribution in [2.75, 3.05) is 12.3 Å². The van der Waals surface area contributed by atoms with Crippen molar-refractivity contribution >= 4 is 28.2 Å². The van der Waals surface area contributed by atoms with E-state index >= 15 is 0 Å². The molecule has 0 aliphatic rings. The van der Waals surface area contributed by atoms with E-state index in [9.17, 15) is 5.26 Å². The van der Waals surface area contributed by atoms with Crippen LogP contribution in [0.1, 0.15) is 29.3 Å². The first-order chi connectivity index (χ1) is 15.6. The maximum absolute atomic E-state index is 9.64. The third-order valence-electron chi connectivity index (χ3n) is 5.01. The lowest BCUT2D eigenvalue weighted by Gasteiger charge is -2.13. The molecule has 7 heteroatoms. The van der Waals surface area contributed by atoms with Crippen LogP contribution < -0.4 is 15.2 Å². The second-order valence-electron chi connectivity index (χ2n) is 7.15. The van der Waals surface area contributed by atoms with Crippen molar-refractivity contribution in [3.05, 3.63) is 88.3 Å². The molecule has 4 aromatic rings. The van der Waals surface area contributed by atoms with Crippen LogP contribution in [0.2, 0.25) is 5.02 Å². The maximum Gasteiger partial charge on any atom is 0.144 e. The van der Waals surface area contributed by atoms with Crippen molar-refractivity contribution in [1.29, 1.82) is 5.26 Å². The van der Waals surface area contributed by atoms with E-state index in [1.807, 2.05) is 49.4 Å². The Bertz CT molecular complexity index is 1300. The van der Waals surface area contributed by atoms with Gasteiger partial charge in [0.05, 0.1) is 34.1 Å². The number of nitriles is 1. The molecule has 0 atom stereocenters. The zero-order valence-electron chi connectivity index (χ0n) is 17.5. The number of nitrogen functional groups attached to an aromatic ring is 1. The van der Waals surface area contributed by atoms with E-state index in [1.165, 1.54) is 0 Å². The molecular weight excluding hydrogens is 424 g/mol. The smallest absolute Gasteiger partial charge is 0.144 e. The van der Waals surface area contributed by atoms with Gasteiger partial charge in [0, 0.05) is 23.8 Å². The first-order valence-electron chi connectivity index (χ1n) is 10.1. The number of nitrogens with two attached hydrogens (primary N) is 1. The summed E-state index contributed by atoms with van der Waals surface area (Å²) in [5.41, 5.74) is 10.5. The second-order valence-corrected chi connectivity index (χ2v) is 7.56. The number of halogens is 1. The Morgan fingerprint density at radius 1 is 1.06 bits per heavy atom. The van der Waals surface area contributed by atoms with Gasteiger partial charge >= 0.3 is 0 Å². The Balaban J connectivity index is 1.63. The number of hydrogen-bond donors (Lipinski definition) is 1. The Hall–Kier alpha value is -3.82. The average molecular weight is 445 g/mol. The Labute approximate surface area is 191 Å². The summed E-state index contributed by atoms with van der Waals surface area (Å²) in [5.74, 6) is 1.16. The third-order valence-corrected chi connectivity index (χ3v) is 5.31. The highest BCUT2D eigenvalue weighted by atomic mass is 35.5. The van der Waals surface area contributed by atoms with E-state index in [1.54, 1.807) is 18.5 Å². The number of fused-ring (bicyclic) bond motifs is 1. The number of aromatic nitrogens is 2. The van der Waals surface area contributed by atoms with E-state index in [0.717, 1.165) is 27.7 Å². The van der Waals surface area contributed by atoms with E-state index in [-0.39, 0.29) is 0 Å². The van der Waals surface area contributed by atoms with Crippen molar-refractivity contribution in [2.45, 2.75) is 20.0 Å². The largest absolute Gasteiger partial charge is 0.492 e. The molecule has 2 aromatic carbocycles. The molecule has 0 bridgehead atoms. The molecule has 0 fully saturated rings. The lowest BCUT2D eigenvalue weighted by atomic mass is 9.96. The summed E-state index contributed by atoms with van der Waals surface area (Å²) in [6.07, 6.45) is 3.80. The van der Waals surface area contributed by atoms with Crippen LogP contribution in [0.5, 0.6) is 11.5 Å². The predicted molar refractivity (Wildman–Crippen MR) is 125 cm³/mol. The summed E-state index contributed by atoms with van der Waals surface area (Å²) in [6.45, 7) is 2.73. The van der Waals surface area contributed by atoms with Gasteiger partial charge in [-0.05, 0) is 54.8 Å². The van der Waals surface area contributed by atoms with Crippen molar-refractivity contribution in [1.82, 2.24) is 9.97 Å². The van der Waals surface area contributed by atoms with Gasteiger partial charge in [-0.1, -0.05) is 23.7 Å². The van der Waals surface area contributed by atoms with Crippen LogP contribution in [-0.4, -0.2) is 16.6 Å². The van der Waals surface area contributed by atoms with E-state index in [4.69, 9.17) is 26.8 Å². The van der Waals surface area contributed by atoms with Crippen molar-refractivity contribution in [2.24, 2.45) is 0 Å². The predicted octanol–water partition coefficient (Wildman–Crippen LogP) is 5.31. The highest BCUT2D eigenvalue weighted by molar-refractivity contribution is 6.32. The lowest BCUT2D eigenvalue weighted by Crippen LogP contribution is -2.01. The molecule has 0 aliphatic heterocycles. The molecule has 0 aliphatic carbocycles. The highest BCUT2D eigenvalue weighted by Gasteiger charge is 2.14.